The Morgan fingerprint density at radius 1 is 1.19 bits per heavy atom. The van der Waals surface area contributed by atoms with Crippen LogP contribution in [0.4, 0.5) is 5.69 Å². The summed E-state index contributed by atoms with van der Waals surface area (Å²) in [5.41, 5.74) is 1.47. The molecule has 166 valence electrons. The van der Waals surface area contributed by atoms with E-state index in [-0.39, 0.29) is 5.91 Å². The van der Waals surface area contributed by atoms with E-state index in [0.717, 1.165) is 49.7 Å². The molecule has 7 heteroatoms. The van der Waals surface area contributed by atoms with Crippen LogP contribution >= 0.6 is 0 Å². The van der Waals surface area contributed by atoms with Crippen molar-refractivity contribution in [3.63, 3.8) is 0 Å². The predicted octanol–water partition coefficient (Wildman–Crippen LogP) is 3.42. The van der Waals surface area contributed by atoms with Crippen molar-refractivity contribution >= 4 is 11.6 Å². The molecule has 2 aromatic carbocycles. The van der Waals surface area contributed by atoms with Crippen molar-refractivity contribution in [1.82, 2.24) is 14.5 Å². The number of ether oxygens (including phenoxy) is 2. The smallest absolute Gasteiger partial charge is 0.255 e. The van der Waals surface area contributed by atoms with Crippen LogP contribution in [0.5, 0.6) is 5.75 Å². The highest BCUT2D eigenvalue weighted by Crippen LogP contribution is 2.40. The standard InChI is InChI=1S/C25H28N4O3/c1-31-21-9-5-6-19(16-21)17-28-13-10-25(11-14-28)24-26-12-15-29(24)18-22(32-25)23(30)27-20-7-3-2-4-8-20/h2-9,12,15-16,22H,10-11,13-14,17-18H2,1H3,(H,27,30)/t22-/m0/s1. The van der Waals surface area contributed by atoms with Crippen LogP contribution in [0.3, 0.4) is 0 Å². The molecule has 1 saturated heterocycles. The van der Waals surface area contributed by atoms with Crippen LogP contribution in [0, 0.1) is 0 Å². The average molecular weight is 433 g/mol. The van der Waals surface area contributed by atoms with Gasteiger partial charge in [-0.2, -0.15) is 0 Å². The van der Waals surface area contributed by atoms with Gasteiger partial charge in [0.1, 0.15) is 17.2 Å². The zero-order chi connectivity index (χ0) is 22.0. The van der Waals surface area contributed by atoms with Crippen LogP contribution in [-0.2, 0) is 28.2 Å². The largest absolute Gasteiger partial charge is 0.497 e. The van der Waals surface area contributed by atoms with E-state index in [1.807, 2.05) is 48.7 Å². The Kier molecular flexibility index (Phi) is 5.68. The number of aromatic nitrogens is 2. The average Bonchev–Trinajstić information content (AvgIpc) is 3.31. The maximum absolute atomic E-state index is 13.0. The van der Waals surface area contributed by atoms with Crippen molar-refractivity contribution in [3.8, 4) is 5.75 Å². The maximum atomic E-state index is 13.0. The Hall–Kier alpha value is -3.16. The second-order valence-corrected chi connectivity index (χ2v) is 8.49. The van der Waals surface area contributed by atoms with Gasteiger partial charge in [0.15, 0.2) is 6.10 Å². The minimum Gasteiger partial charge on any atom is -0.497 e. The number of imidazole rings is 1. The number of rotatable bonds is 5. The summed E-state index contributed by atoms with van der Waals surface area (Å²) in [6.45, 7) is 3.08. The third-order valence-corrected chi connectivity index (χ3v) is 6.39. The van der Waals surface area contributed by atoms with Crippen molar-refractivity contribution in [2.45, 2.75) is 37.6 Å². The van der Waals surface area contributed by atoms with Crippen molar-refractivity contribution in [1.29, 1.82) is 0 Å². The fourth-order valence-electron chi connectivity index (χ4n) is 4.72. The van der Waals surface area contributed by atoms with Gasteiger partial charge in [0.25, 0.3) is 5.91 Å². The van der Waals surface area contributed by atoms with Gasteiger partial charge in [0, 0.05) is 37.7 Å². The lowest BCUT2D eigenvalue weighted by Crippen LogP contribution is -2.53. The van der Waals surface area contributed by atoms with Crippen molar-refractivity contribution < 1.29 is 14.3 Å². The summed E-state index contributed by atoms with van der Waals surface area (Å²) >= 11 is 0. The fraction of sp³-hybridized carbons (Fsp3) is 0.360. The highest BCUT2D eigenvalue weighted by molar-refractivity contribution is 5.94. The van der Waals surface area contributed by atoms with E-state index in [9.17, 15) is 4.79 Å². The van der Waals surface area contributed by atoms with E-state index < -0.39 is 11.7 Å². The fourth-order valence-corrected chi connectivity index (χ4v) is 4.72. The van der Waals surface area contributed by atoms with Gasteiger partial charge < -0.3 is 19.4 Å². The van der Waals surface area contributed by atoms with Crippen LogP contribution < -0.4 is 10.1 Å². The molecule has 2 aliphatic rings. The van der Waals surface area contributed by atoms with Crippen molar-refractivity contribution in [2.24, 2.45) is 0 Å². The van der Waals surface area contributed by atoms with E-state index in [4.69, 9.17) is 9.47 Å². The molecule has 1 amide bonds. The number of hydrogen-bond donors (Lipinski definition) is 1. The first-order valence-corrected chi connectivity index (χ1v) is 11.1. The first-order valence-electron chi connectivity index (χ1n) is 11.1. The number of fused-ring (bicyclic) bond motifs is 2. The third-order valence-electron chi connectivity index (χ3n) is 6.39. The lowest BCUT2D eigenvalue weighted by molar-refractivity contribution is -0.170. The SMILES string of the molecule is COc1cccc(CN2CCC3(CC2)O[C@H](C(=O)Nc2ccccc2)Cn2ccnc23)c1. The predicted molar refractivity (Wildman–Crippen MR) is 121 cm³/mol. The molecule has 0 saturated carbocycles. The first kappa shape index (κ1) is 20.7. The van der Waals surface area contributed by atoms with Crippen molar-refractivity contribution in [3.05, 3.63) is 78.4 Å². The zero-order valence-corrected chi connectivity index (χ0v) is 18.2. The number of methoxy groups -OCH3 is 1. The van der Waals surface area contributed by atoms with E-state index in [1.165, 1.54) is 5.56 Å². The number of hydrogen-bond acceptors (Lipinski definition) is 5. The molecule has 1 aromatic heterocycles. The van der Waals surface area contributed by atoms with Crippen LogP contribution in [0.15, 0.2) is 67.0 Å². The number of piperidine rings is 1. The number of amides is 1. The lowest BCUT2D eigenvalue weighted by Gasteiger charge is -2.45. The molecule has 0 aliphatic carbocycles. The highest BCUT2D eigenvalue weighted by atomic mass is 16.5. The Balaban J connectivity index is 1.29. The molecular weight excluding hydrogens is 404 g/mol. The molecule has 2 aliphatic heterocycles. The van der Waals surface area contributed by atoms with E-state index in [0.29, 0.717) is 6.54 Å². The molecule has 0 bridgehead atoms. The Bertz CT molecular complexity index is 1070. The summed E-state index contributed by atoms with van der Waals surface area (Å²) in [5, 5.41) is 2.99. The number of para-hydroxylation sites is 1. The Labute approximate surface area is 188 Å². The minimum absolute atomic E-state index is 0.117. The summed E-state index contributed by atoms with van der Waals surface area (Å²) in [7, 11) is 1.69. The summed E-state index contributed by atoms with van der Waals surface area (Å²) in [5.74, 6) is 1.69. The van der Waals surface area contributed by atoms with Crippen molar-refractivity contribution in [2.75, 3.05) is 25.5 Å². The molecule has 1 atom stereocenters. The zero-order valence-electron chi connectivity index (χ0n) is 18.2. The van der Waals surface area contributed by atoms with Gasteiger partial charge >= 0.3 is 0 Å². The van der Waals surface area contributed by atoms with Gasteiger partial charge in [-0.05, 0) is 42.7 Å². The van der Waals surface area contributed by atoms with Crippen LogP contribution in [0.1, 0.15) is 24.2 Å². The molecule has 1 fully saturated rings. The molecule has 5 rings (SSSR count). The topological polar surface area (TPSA) is 68.6 Å². The number of anilines is 1. The molecule has 0 radical (unpaired) electrons. The molecule has 1 spiro atoms. The summed E-state index contributed by atoms with van der Waals surface area (Å²) in [6, 6.07) is 17.7. The summed E-state index contributed by atoms with van der Waals surface area (Å²) in [6.07, 6.45) is 4.79. The number of benzene rings is 2. The van der Waals surface area contributed by atoms with Crippen LogP contribution in [0.2, 0.25) is 0 Å². The minimum atomic E-state index is -0.554. The maximum Gasteiger partial charge on any atom is 0.255 e. The quantitative estimate of drug-likeness (QED) is 0.669. The highest BCUT2D eigenvalue weighted by Gasteiger charge is 2.47. The second kappa shape index (κ2) is 8.76. The number of nitrogens with zero attached hydrogens (tertiary/aromatic N) is 3. The number of nitrogens with one attached hydrogen (secondary N) is 1. The second-order valence-electron chi connectivity index (χ2n) is 8.49. The van der Waals surface area contributed by atoms with E-state index in [2.05, 4.69) is 31.9 Å². The van der Waals surface area contributed by atoms with Crippen LogP contribution in [0.25, 0.3) is 0 Å². The van der Waals surface area contributed by atoms with Gasteiger partial charge in [-0.3, -0.25) is 9.69 Å². The molecule has 3 heterocycles. The Morgan fingerprint density at radius 3 is 2.78 bits per heavy atom. The van der Waals surface area contributed by atoms with E-state index in [1.54, 1.807) is 13.3 Å². The van der Waals surface area contributed by atoms with E-state index >= 15 is 0 Å². The summed E-state index contributed by atoms with van der Waals surface area (Å²) < 4.78 is 14.0. The molecule has 3 aromatic rings. The first-order chi connectivity index (χ1) is 15.6. The summed E-state index contributed by atoms with van der Waals surface area (Å²) in [4.78, 5) is 20.0. The van der Waals surface area contributed by atoms with Gasteiger partial charge in [0.2, 0.25) is 0 Å². The lowest BCUT2D eigenvalue weighted by atomic mass is 9.88. The van der Waals surface area contributed by atoms with Crippen LogP contribution in [-0.4, -0.2) is 46.7 Å². The monoisotopic (exact) mass is 432 g/mol. The normalized spacial score (nSPS) is 20.0. The molecular formula is C25H28N4O3. The molecule has 0 unspecified atom stereocenters. The molecule has 1 N–H and O–H groups in total. The van der Waals surface area contributed by atoms with Gasteiger partial charge in [-0.1, -0.05) is 30.3 Å². The molecule has 7 nitrogen and oxygen atoms in total. The third kappa shape index (κ3) is 4.13. The van der Waals surface area contributed by atoms with Gasteiger partial charge in [-0.25, -0.2) is 4.98 Å². The molecule has 32 heavy (non-hydrogen) atoms. The van der Waals surface area contributed by atoms with Gasteiger partial charge in [0.05, 0.1) is 13.7 Å². The number of carbonyl (C=O) groups excluding carboxylic acids is 1. The number of carbonyl (C=O) groups is 1. The number of likely N-dealkylation sites (tertiary alicyclic amines) is 1. The van der Waals surface area contributed by atoms with Gasteiger partial charge in [-0.15, -0.1) is 0 Å². The Morgan fingerprint density at radius 2 is 2.00 bits per heavy atom.